The van der Waals surface area contributed by atoms with Crippen molar-refractivity contribution in [2.75, 3.05) is 5.32 Å². The van der Waals surface area contributed by atoms with Gasteiger partial charge in [0.2, 0.25) is 0 Å². The molecule has 1 fully saturated rings. The molecule has 1 aliphatic rings. The number of nitrogens with one attached hydrogen (secondary N) is 3. The summed E-state index contributed by atoms with van der Waals surface area (Å²) in [5.74, 6) is 0. The van der Waals surface area contributed by atoms with Crippen LogP contribution < -0.4 is 10.9 Å². The molecule has 2 aromatic rings. The van der Waals surface area contributed by atoms with Crippen molar-refractivity contribution in [2.24, 2.45) is 0 Å². The second-order valence-corrected chi connectivity index (χ2v) is 6.51. The molecule has 1 aliphatic carbocycles. The number of pyridine rings is 1. The average Bonchev–Trinajstić information content (AvgIpc) is 2.56. The summed E-state index contributed by atoms with van der Waals surface area (Å²) in [6.07, 6.45) is 7.60. The van der Waals surface area contributed by atoms with Crippen LogP contribution in [0.2, 0.25) is 0 Å². The fraction of sp³-hybridized carbons (Fsp3) is 0.333. The van der Waals surface area contributed by atoms with Gasteiger partial charge in [-0.25, -0.2) is 0 Å². The maximum atomic E-state index is 12.3. The van der Waals surface area contributed by atoms with Crippen LogP contribution in [0.4, 0.5) is 5.69 Å². The molecule has 0 spiro atoms. The second kappa shape index (κ2) is 7.04. The summed E-state index contributed by atoms with van der Waals surface area (Å²) >= 11 is 4.26. The van der Waals surface area contributed by atoms with Crippen molar-refractivity contribution in [3.63, 3.8) is 0 Å². The van der Waals surface area contributed by atoms with Gasteiger partial charge >= 0.3 is 0 Å². The quantitative estimate of drug-likeness (QED) is 0.509. The van der Waals surface area contributed by atoms with Gasteiger partial charge in [-0.3, -0.25) is 10.2 Å². The number of hydrogen-bond donors (Lipinski definition) is 4. The Balaban J connectivity index is 1.92. The largest absolute Gasteiger partial charge is 0.382 e. The second-order valence-electron chi connectivity index (χ2n) is 6.00. The molecule has 1 saturated carbocycles. The van der Waals surface area contributed by atoms with Crippen LogP contribution in [0.15, 0.2) is 46.2 Å². The van der Waals surface area contributed by atoms with Gasteiger partial charge in [0.1, 0.15) is 0 Å². The molecule has 0 amide bonds. The summed E-state index contributed by atoms with van der Waals surface area (Å²) in [4.78, 5) is 15.8. The zero-order valence-corrected chi connectivity index (χ0v) is 13.8. The third kappa shape index (κ3) is 3.67. The van der Waals surface area contributed by atoms with Gasteiger partial charge < -0.3 is 10.3 Å². The third-order valence-electron chi connectivity index (χ3n) is 4.33. The van der Waals surface area contributed by atoms with Gasteiger partial charge in [-0.05, 0) is 31.0 Å². The Labute approximate surface area is 141 Å². The smallest absolute Gasteiger partial charge is 0.259 e. The molecule has 5 heteroatoms. The number of rotatable bonds is 4. The molecule has 3 N–H and O–H groups in total. The van der Waals surface area contributed by atoms with Crippen molar-refractivity contribution < 1.29 is 0 Å². The van der Waals surface area contributed by atoms with E-state index in [1.807, 2.05) is 30.3 Å². The number of H-pyrrole nitrogens is 1. The summed E-state index contributed by atoms with van der Waals surface area (Å²) in [6.45, 7) is 0. The monoisotopic (exact) mass is 327 g/mol. The lowest BCUT2D eigenvalue weighted by Crippen LogP contribution is -2.27. The van der Waals surface area contributed by atoms with E-state index in [-0.39, 0.29) is 11.3 Å². The SMILES string of the molecule is N=C(c1ccc(S)cc1)c1c(NC2CCCCC2)cc[nH]c1=O. The van der Waals surface area contributed by atoms with Crippen LogP contribution in [0.1, 0.15) is 43.2 Å². The highest BCUT2D eigenvalue weighted by atomic mass is 32.1. The molecule has 23 heavy (non-hydrogen) atoms. The minimum Gasteiger partial charge on any atom is -0.382 e. The number of aromatic nitrogens is 1. The lowest BCUT2D eigenvalue weighted by Gasteiger charge is -2.25. The molecule has 1 heterocycles. The van der Waals surface area contributed by atoms with E-state index >= 15 is 0 Å². The Morgan fingerprint density at radius 2 is 1.83 bits per heavy atom. The van der Waals surface area contributed by atoms with Gasteiger partial charge in [0.15, 0.2) is 0 Å². The molecule has 0 unspecified atom stereocenters. The van der Waals surface area contributed by atoms with Crippen LogP contribution in [-0.4, -0.2) is 16.7 Å². The van der Waals surface area contributed by atoms with Crippen molar-refractivity contribution >= 4 is 24.0 Å². The van der Waals surface area contributed by atoms with Gasteiger partial charge in [0.05, 0.1) is 17.0 Å². The van der Waals surface area contributed by atoms with Crippen LogP contribution in [0.25, 0.3) is 0 Å². The first-order valence-electron chi connectivity index (χ1n) is 8.01. The normalized spacial score (nSPS) is 15.3. The Kier molecular flexibility index (Phi) is 4.86. The molecule has 3 rings (SSSR count). The first-order valence-corrected chi connectivity index (χ1v) is 8.46. The Morgan fingerprint density at radius 1 is 1.13 bits per heavy atom. The molecule has 4 nitrogen and oxygen atoms in total. The highest BCUT2D eigenvalue weighted by Gasteiger charge is 2.18. The van der Waals surface area contributed by atoms with E-state index in [1.54, 1.807) is 6.20 Å². The molecule has 0 radical (unpaired) electrons. The van der Waals surface area contributed by atoms with Crippen molar-refractivity contribution in [2.45, 2.75) is 43.0 Å². The zero-order valence-electron chi connectivity index (χ0n) is 12.9. The highest BCUT2D eigenvalue weighted by Crippen LogP contribution is 2.23. The minimum atomic E-state index is -0.231. The molecular weight excluding hydrogens is 306 g/mol. The van der Waals surface area contributed by atoms with Gasteiger partial charge in [0.25, 0.3) is 5.56 Å². The summed E-state index contributed by atoms with van der Waals surface area (Å²) in [6, 6.07) is 9.55. The molecule has 1 aromatic heterocycles. The fourth-order valence-electron chi connectivity index (χ4n) is 3.09. The standard InChI is InChI=1S/C18H21N3OS/c19-17(12-6-8-14(23)9-7-12)16-15(10-11-20-18(16)22)21-13-4-2-1-3-5-13/h6-11,13,19,23H,1-5H2,(H2,20,21,22). The molecular formula is C18H21N3OS. The lowest BCUT2D eigenvalue weighted by molar-refractivity contribution is 0.462. The summed E-state index contributed by atoms with van der Waals surface area (Å²) < 4.78 is 0. The Morgan fingerprint density at radius 3 is 2.52 bits per heavy atom. The first-order chi connectivity index (χ1) is 11.1. The highest BCUT2D eigenvalue weighted by molar-refractivity contribution is 7.80. The third-order valence-corrected chi connectivity index (χ3v) is 4.63. The molecule has 0 saturated heterocycles. The minimum absolute atomic E-state index is 0.231. The van der Waals surface area contributed by atoms with Gasteiger partial charge in [-0.15, -0.1) is 12.6 Å². The molecule has 0 bridgehead atoms. The Bertz CT molecular complexity index is 746. The van der Waals surface area contributed by atoms with Crippen LogP contribution in [0, 0.1) is 5.41 Å². The fourth-order valence-corrected chi connectivity index (χ4v) is 3.24. The van der Waals surface area contributed by atoms with Gasteiger partial charge in [0, 0.05) is 22.7 Å². The number of hydrogen-bond acceptors (Lipinski definition) is 4. The number of thiol groups is 1. The van der Waals surface area contributed by atoms with Crippen molar-refractivity contribution in [3.8, 4) is 0 Å². The van der Waals surface area contributed by atoms with Crippen molar-refractivity contribution in [1.82, 2.24) is 4.98 Å². The summed E-state index contributed by atoms with van der Waals surface area (Å²) in [5, 5.41) is 11.9. The van der Waals surface area contributed by atoms with E-state index in [0.29, 0.717) is 17.2 Å². The summed E-state index contributed by atoms with van der Waals surface area (Å²) in [7, 11) is 0. The maximum absolute atomic E-state index is 12.3. The Hall–Kier alpha value is -2.01. The van der Waals surface area contributed by atoms with Crippen molar-refractivity contribution in [1.29, 1.82) is 5.41 Å². The zero-order chi connectivity index (χ0) is 16.2. The van der Waals surface area contributed by atoms with Crippen LogP contribution in [0.5, 0.6) is 0 Å². The lowest BCUT2D eigenvalue weighted by atomic mass is 9.94. The topological polar surface area (TPSA) is 68.7 Å². The number of benzene rings is 1. The molecule has 1 aromatic carbocycles. The van der Waals surface area contributed by atoms with E-state index in [9.17, 15) is 4.79 Å². The van der Waals surface area contributed by atoms with E-state index in [4.69, 9.17) is 5.41 Å². The predicted molar refractivity (Wildman–Crippen MR) is 97.2 cm³/mol. The number of aromatic amines is 1. The van der Waals surface area contributed by atoms with Gasteiger partial charge in [-0.1, -0.05) is 31.4 Å². The average molecular weight is 327 g/mol. The maximum Gasteiger partial charge on any atom is 0.259 e. The van der Waals surface area contributed by atoms with E-state index in [2.05, 4.69) is 22.9 Å². The van der Waals surface area contributed by atoms with Crippen molar-refractivity contribution in [3.05, 3.63) is 58.0 Å². The number of anilines is 1. The van der Waals surface area contributed by atoms with E-state index in [0.717, 1.165) is 23.4 Å². The van der Waals surface area contributed by atoms with Gasteiger partial charge in [-0.2, -0.15) is 0 Å². The van der Waals surface area contributed by atoms with Crippen LogP contribution >= 0.6 is 12.6 Å². The molecule has 0 atom stereocenters. The summed E-state index contributed by atoms with van der Waals surface area (Å²) in [5.41, 5.74) is 1.88. The molecule has 120 valence electrons. The molecule has 0 aliphatic heterocycles. The van der Waals surface area contributed by atoms with E-state index < -0.39 is 0 Å². The van der Waals surface area contributed by atoms with E-state index in [1.165, 1.54) is 19.3 Å². The predicted octanol–water partition coefficient (Wildman–Crippen LogP) is 3.82. The van der Waals surface area contributed by atoms with Crippen LogP contribution in [0.3, 0.4) is 0 Å². The van der Waals surface area contributed by atoms with Crippen LogP contribution in [-0.2, 0) is 0 Å². The first kappa shape index (κ1) is 15.9.